The minimum atomic E-state index is -3.65. The summed E-state index contributed by atoms with van der Waals surface area (Å²) in [7, 11) is -3.65. The summed E-state index contributed by atoms with van der Waals surface area (Å²) in [6.45, 7) is 1.88. The van der Waals surface area contributed by atoms with Crippen LogP contribution in [0, 0.1) is 6.92 Å². The highest BCUT2D eigenvalue weighted by molar-refractivity contribution is 7.89. The van der Waals surface area contributed by atoms with Crippen LogP contribution in [0.1, 0.15) is 11.1 Å². The lowest BCUT2D eigenvalue weighted by Crippen LogP contribution is -2.18. The van der Waals surface area contributed by atoms with E-state index >= 15 is 0 Å². The quantitative estimate of drug-likeness (QED) is 0.668. The third-order valence-corrected chi connectivity index (χ3v) is 3.85. The Kier molecular flexibility index (Phi) is 4.05. The number of nitrogens with zero attached hydrogens (tertiary/aromatic N) is 1. The molecule has 2 aromatic carbocycles. The van der Waals surface area contributed by atoms with Gasteiger partial charge in [0, 0.05) is 0 Å². The summed E-state index contributed by atoms with van der Waals surface area (Å²) in [4.78, 5) is 2.30. The van der Waals surface area contributed by atoms with E-state index in [1.807, 2.05) is 6.92 Å². The third-order valence-electron chi connectivity index (χ3n) is 2.61. The number of phenolic OH excluding ortho intramolecular Hbond substituents is 1. The maximum atomic E-state index is 11.9. The summed E-state index contributed by atoms with van der Waals surface area (Å²) in [5.74, 6) is 0.141. The van der Waals surface area contributed by atoms with Crippen LogP contribution in [-0.4, -0.2) is 19.7 Å². The highest BCUT2D eigenvalue weighted by Crippen LogP contribution is 2.10. The van der Waals surface area contributed by atoms with Crippen molar-refractivity contribution in [2.45, 2.75) is 11.8 Å². The molecular weight excluding hydrogens is 276 g/mol. The first kappa shape index (κ1) is 14.1. The summed E-state index contributed by atoms with van der Waals surface area (Å²) in [6.07, 6.45) is 1.37. The van der Waals surface area contributed by atoms with Gasteiger partial charge in [-0.1, -0.05) is 17.7 Å². The molecule has 2 aromatic rings. The van der Waals surface area contributed by atoms with E-state index < -0.39 is 10.0 Å². The number of hydrogen-bond acceptors (Lipinski definition) is 4. The minimum absolute atomic E-state index is 0.141. The fourth-order valence-corrected chi connectivity index (χ4v) is 2.29. The van der Waals surface area contributed by atoms with Gasteiger partial charge in [0.1, 0.15) is 5.75 Å². The SMILES string of the molecule is Cc1ccc(S(=O)(=O)NN=Cc2ccc(O)cc2)cc1. The van der Waals surface area contributed by atoms with Crippen LogP contribution in [0.2, 0.25) is 0 Å². The van der Waals surface area contributed by atoms with Gasteiger partial charge < -0.3 is 5.11 Å². The number of hydrogen-bond donors (Lipinski definition) is 2. The van der Waals surface area contributed by atoms with E-state index in [1.165, 1.54) is 30.5 Å². The first-order chi connectivity index (χ1) is 9.47. The highest BCUT2D eigenvalue weighted by Gasteiger charge is 2.11. The van der Waals surface area contributed by atoms with Crippen molar-refractivity contribution in [1.82, 2.24) is 4.83 Å². The van der Waals surface area contributed by atoms with Crippen molar-refractivity contribution in [2.75, 3.05) is 0 Å². The first-order valence-corrected chi connectivity index (χ1v) is 7.36. The smallest absolute Gasteiger partial charge is 0.276 e. The number of nitrogens with one attached hydrogen (secondary N) is 1. The van der Waals surface area contributed by atoms with Gasteiger partial charge in [0.25, 0.3) is 10.0 Å². The van der Waals surface area contributed by atoms with Gasteiger partial charge in [-0.3, -0.25) is 0 Å². The minimum Gasteiger partial charge on any atom is -0.508 e. The summed E-state index contributed by atoms with van der Waals surface area (Å²) in [5.41, 5.74) is 1.66. The lowest BCUT2D eigenvalue weighted by Gasteiger charge is -2.03. The third kappa shape index (κ3) is 3.58. The van der Waals surface area contributed by atoms with E-state index in [0.29, 0.717) is 5.56 Å². The maximum Gasteiger partial charge on any atom is 0.276 e. The van der Waals surface area contributed by atoms with Crippen molar-refractivity contribution < 1.29 is 13.5 Å². The molecule has 0 aliphatic heterocycles. The lowest BCUT2D eigenvalue weighted by molar-refractivity contribution is 0.475. The Bertz CT molecular complexity index is 705. The molecule has 0 aliphatic carbocycles. The molecule has 0 bridgehead atoms. The van der Waals surface area contributed by atoms with E-state index in [0.717, 1.165) is 5.56 Å². The van der Waals surface area contributed by atoms with Crippen LogP contribution in [0.15, 0.2) is 58.5 Å². The van der Waals surface area contributed by atoms with Gasteiger partial charge in [0.05, 0.1) is 11.1 Å². The predicted molar refractivity (Wildman–Crippen MR) is 77.2 cm³/mol. The molecule has 2 rings (SSSR count). The Morgan fingerprint density at radius 1 is 1.05 bits per heavy atom. The normalized spacial score (nSPS) is 11.7. The molecule has 0 heterocycles. The number of aromatic hydroxyl groups is 1. The van der Waals surface area contributed by atoms with Gasteiger partial charge in [0.15, 0.2) is 0 Å². The molecule has 0 spiro atoms. The predicted octanol–water partition coefficient (Wildman–Crippen LogP) is 2.01. The van der Waals surface area contributed by atoms with Crippen LogP contribution in [0.5, 0.6) is 5.75 Å². The molecule has 0 amide bonds. The van der Waals surface area contributed by atoms with Crippen molar-refractivity contribution in [2.24, 2.45) is 5.10 Å². The molecule has 6 heteroatoms. The molecule has 0 radical (unpaired) electrons. The molecule has 0 saturated carbocycles. The Labute approximate surface area is 117 Å². The topological polar surface area (TPSA) is 78.8 Å². The Balaban J connectivity index is 2.09. The van der Waals surface area contributed by atoms with Crippen molar-refractivity contribution >= 4 is 16.2 Å². The fourth-order valence-electron chi connectivity index (χ4n) is 1.50. The molecule has 0 aliphatic rings. The van der Waals surface area contributed by atoms with Crippen LogP contribution in [0.4, 0.5) is 0 Å². The summed E-state index contributed by atoms with van der Waals surface area (Å²) >= 11 is 0. The molecular formula is C14H14N2O3S. The maximum absolute atomic E-state index is 11.9. The molecule has 0 aromatic heterocycles. The highest BCUT2D eigenvalue weighted by atomic mass is 32.2. The molecule has 2 N–H and O–H groups in total. The van der Waals surface area contributed by atoms with Crippen LogP contribution >= 0.6 is 0 Å². The zero-order valence-electron chi connectivity index (χ0n) is 10.8. The monoisotopic (exact) mass is 290 g/mol. The lowest BCUT2D eigenvalue weighted by atomic mass is 10.2. The van der Waals surface area contributed by atoms with Crippen molar-refractivity contribution in [1.29, 1.82) is 0 Å². The fraction of sp³-hybridized carbons (Fsp3) is 0.0714. The summed E-state index contributed by atoms with van der Waals surface area (Å²) in [5, 5.41) is 12.8. The second-order valence-corrected chi connectivity index (χ2v) is 5.92. The van der Waals surface area contributed by atoms with E-state index in [4.69, 9.17) is 5.11 Å². The van der Waals surface area contributed by atoms with E-state index in [-0.39, 0.29) is 10.6 Å². The van der Waals surface area contributed by atoms with Crippen LogP contribution in [-0.2, 0) is 10.0 Å². The molecule has 104 valence electrons. The van der Waals surface area contributed by atoms with Gasteiger partial charge in [-0.25, -0.2) is 4.83 Å². The van der Waals surface area contributed by atoms with Gasteiger partial charge in [-0.2, -0.15) is 13.5 Å². The molecule has 0 fully saturated rings. The number of hydrazone groups is 1. The zero-order valence-corrected chi connectivity index (χ0v) is 11.6. The second kappa shape index (κ2) is 5.75. The Morgan fingerprint density at radius 2 is 1.65 bits per heavy atom. The van der Waals surface area contributed by atoms with Crippen LogP contribution in [0.25, 0.3) is 0 Å². The van der Waals surface area contributed by atoms with Crippen molar-refractivity contribution in [3.8, 4) is 5.75 Å². The zero-order chi connectivity index (χ0) is 14.6. The summed E-state index contributed by atoms with van der Waals surface area (Å²) in [6, 6.07) is 12.7. The Morgan fingerprint density at radius 3 is 2.25 bits per heavy atom. The number of rotatable bonds is 4. The Hall–Kier alpha value is -2.34. The average Bonchev–Trinajstić information content (AvgIpc) is 2.41. The number of sulfonamides is 1. The van der Waals surface area contributed by atoms with E-state index in [1.54, 1.807) is 24.3 Å². The molecule has 0 saturated heterocycles. The van der Waals surface area contributed by atoms with Gasteiger partial charge in [-0.15, -0.1) is 0 Å². The molecule has 20 heavy (non-hydrogen) atoms. The van der Waals surface area contributed by atoms with Gasteiger partial charge in [-0.05, 0) is 48.9 Å². The van der Waals surface area contributed by atoms with E-state index in [9.17, 15) is 8.42 Å². The summed E-state index contributed by atoms with van der Waals surface area (Å²) < 4.78 is 23.8. The molecule has 0 atom stereocenters. The van der Waals surface area contributed by atoms with Gasteiger partial charge in [0.2, 0.25) is 0 Å². The van der Waals surface area contributed by atoms with Crippen molar-refractivity contribution in [3.05, 3.63) is 59.7 Å². The van der Waals surface area contributed by atoms with Crippen LogP contribution in [0.3, 0.4) is 0 Å². The standard InChI is InChI=1S/C14H14N2O3S/c1-11-2-8-14(9-3-11)20(18,19)16-15-10-12-4-6-13(17)7-5-12/h2-10,16-17H,1H3. The number of phenols is 1. The first-order valence-electron chi connectivity index (χ1n) is 5.88. The number of benzene rings is 2. The number of aryl methyl sites for hydroxylation is 1. The molecule has 0 unspecified atom stereocenters. The second-order valence-electron chi connectivity index (χ2n) is 4.26. The van der Waals surface area contributed by atoms with Crippen molar-refractivity contribution in [3.63, 3.8) is 0 Å². The van der Waals surface area contributed by atoms with E-state index in [2.05, 4.69) is 9.93 Å². The molecule has 5 nitrogen and oxygen atoms in total. The van der Waals surface area contributed by atoms with Crippen LogP contribution < -0.4 is 4.83 Å². The largest absolute Gasteiger partial charge is 0.508 e. The average molecular weight is 290 g/mol. The van der Waals surface area contributed by atoms with Gasteiger partial charge >= 0.3 is 0 Å².